The van der Waals surface area contributed by atoms with Crippen LogP contribution in [-0.2, 0) is 11.2 Å². The highest BCUT2D eigenvalue weighted by Crippen LogP contribution is 2.37. The highest BCUT2D eigenvalue weighted by molar-refractivity contribution is 6.01. The maximum atomic E-state index is 14.0. The van der Waals surface area contributed by atoms with Gasteiger partial charge in [0.05, 0.1) is 11.7 Å². The van der Waals surface area contributed by atoms with Crippen LogP contribution in [0.1, 0.15) is 56.7 Å². The van der Waals surface area contributed by atoms with Crippen LogP contribution in [0.4, 0.5) is 10.5 Å². The molecular weight excluding hydrogens is 542 g/mol. The van der Waals surface area contributed by atoms with Gasteiger partial charge in [-0.15, -0.1) is 0 Å². The van der Waals surface area contributed by atoms with Crippen LogP contribution in [-0.4, -0.2) is 47.4 Å². The summed E-state index contributed by atoms with van der Waals surface area (Å²) in [5, 5.41) is 5.23. The van der Waals surface area contributed by atoms with E-state index in [2.05, 4.69) is 74.3 Å². The van der Waals surface area contributed by atoms with E-state index < -0.39 is 0 Å². The first kappa shape index (κ1) is 31.1. The monoisotopic (exact) mass is 587 g/mol. The lowest BCUT2D eigenvalue weighted by atomic mass is 9.81. The molecule has 3 amide bonds. The van der Waals surface area contributed by atoms with Gasteiger partial charge in [0.2, 0.25) is 5.91 Å². The molecule has 4 aromatic carbocycles. The number of aryl methyl sites for hydroxylation is 1. The number of hydrogen-bond acceptors (Lipinski definition) is 2. The fourth-order valence-electron chi connectivity index (χ4n) is 6.71. The largest absolute Gasteiger partial charge is 0.335 e. The van der Waals surface area contributed by atoms with E-state index in [-0.39, 0.29) is 30.3 Å². The van der Waals surface area contributed by atoms with Crippen molar-refractivity contribution in [2.45, 2.75) is 59.4 Å². The van der Waals surface area contributed by atoms with Gasteiger partial charge in [-0.25, -0.2) is 4.79 Å². The van der Waals surface area contributed by atoms with Crippen molar-refractivity contribution in [1.29, 1.82) is 0 Å². The smallest absolute Gasteiger partial charge is 0.321 e. The minimum atomic E-state index is -0.180. The maximum absolute atomic E-state index is 14.0. The number of anilines is 1. The molecule has 5 rings (SSSR count). The van der Waals surface area contributed by atoms with Crippen LogP contribution in [0.15, 0.2) is 103 Å². The van der Waals surface area contributed by atoms with Crippen molar-refractivity contribution in [3.05, 3.63) is 119 Å². The lowest BCUT2D eigenvalue weighted by Gasteiger charge is -2.42. The Labute approximate surface area is 262 Å². The van der Waals surface area contributed by atoms with Crippen molar-refractivity contribution in [2.24, 2.45) is 5.92 Å². The van der Waals surface area contributed by atoms with E-state index in [1.807, 2.05) is 60.7 Å². The zero-order valence-corrected chi connectivity index (χ0v) is 26.6. The molecule has 0 saturated carbocycles. The quantitative estimate of drug-likeness (QED) is 0.202. The molecule has 0 fully saturated rings. The summed E-state index contributed by atoms with van der Waals surface area (Å²) in [7, 11) is 0. The normalized spacial score (nSPS) is 15.1. The summed E-state index contributed by atoms with van der Waals surface area (Å²) in [6, 6.07) is 32.7. The number of benzene rings is 4. The molecule has 44 heavy (non-hydrogen) atoms. The molecule has 1 heterocycles. The summed E-state index contributed by atoms with van der Waals surface area (Å²) in [5.41, 5.74) is 7.29. The van der Waals surface area contributed by atoms with E-state index in [1.54, 1.807) is 4.90 Å². The molecule has 5 heteroatoms. The van der Waals surface area contributed by atoms with Crippen molar-refractivity contribution in [3.8, 4) is 0 Å². The molecule has 1 aliphatic heterocycles. The molecule has 4 aromatic rings. The number of hydrogen-bond donors (Lipinski definition) is 1. The topological polar surface area (TPSA) is 52.7 Å². The molecule has 0 saturated heterocycles. The number of carbonyl (C=O) groups is 2. The number of nitrogens with one attached hydrogen (secondary N) is 1. The minimum Gasteiger partial charge on any atom is -0.335 e. The molecule has 5 nitrogen and oxygen atoms in total. The van der Waals surface area contributed by atoms with Gasteiger partial charge in [-0.2, -0.15) is 0 Å². The lowest BCUT2D eigenvalue weighted by Crippen LogP contribution is -2.49. The molecule has 0 bridgehead atoms. The molecule has 1 aliphatic rings. The molecule has 0 radical (unpaired) electrons. The molecule has 1 N–H and O–H groups in total. The van der Waals surface area contributed by atoms with Crippen LogP contribution in [0.25, 0.3) is 16.3 Å². The van der Waals surface area contributed by atoms with Gasteiger partial charge >= 0.3 is 6.03 Å². The zero-order chi connectivity index (χ0) is 31.1. The summed E-state index contributed by atoms with van der Waals surface area (Å²) >= 11 is 0. The van der Waals surface area contributed by atoms with Gasteiger partial charge in [-0.1, -0.05) is 112 Å². The van der Waals surface area contributed by atoms with Crippen molar-refractivity contribution >= 4 is 34.0 Å². The number of urea groups is 1. The standard InChI is InChI=1S/C39H45N3O2/c1-5-32-35(33-19-11-9-14-29(33)4)23-27-42(38(32)28(2)3)37(43)24-26-41(25-22-30-15-7-6-8-16-30)39(44)40-36-21-13-18-31-17-10-12-20-34(31)36/h6-21,28,38H,5,22-27H2,1-4H3,(H,40,44). The zero-order valence-electron chi connectivity index (χ0n) is 26.6. The Hall–Kier alpha value is -4.38. The fourth-order valence-corrected chi connectivity index (χ4v) is 6.71. The average Bonchev–Trinajstić information content (AvgIpc) is 3.04. The van der Waals surface area contributed by atoms with Gasteiger partial charge in [-0.05, 0) is 71.4 Å². The Morgan fingerprint density at radius 1 is 0.886 bits per heavy atom. The van der Waals surface area contributed by atoms with Crippen LogP contribution in [0.3, 0.4) is 0 Å². The average molecular weight is 588 g/mol. The number of fused-ring (bicyclic) bond motifs is 1. The number of nitrogens with zero attached hydrogens (tertiary/aromatic N) is 2. The summed E-state index contributed by atoms with van der Waals surface area (Å²) in [6.07, 6.45) is 2.77. The molecular formula is C39H45N3O2. The molecule has 0 aliphatic carbocycles. The number of rotatable bonds is 10. The third kappa shape index (κ3) is 7.05. The number of carbonyl (C=O) groups excluding carboxylic acids is 2. The van der Waals surface area contributed by atoms with E-state index in [0.717, 1.165) is 35.7 Å². The molecule has 1 unspecified atom stereocenters. The molecule has 1 atom stereocenters. The predicted octanol–water partition coefficient (Wildman–Crippen LogP) is 8.74. The van der Waals surface area contributed by atoms with E-state index >= 15 is 0 Å². The first-order chi connectivity index (χ1) is 21.4. The van der Waals surface area contributed by atoms with Crippen LogP contribution in [0.2, 0.25) is 0 Å². The van der Waals surface area contributed by atoms with Gasteiger partial charge in [0.15, 0.2) is 0 Å². The highest BCUT2D eigenvalue weighted by Gasteiger charge is 2.34. The van der Waals surface area contributed by atoms with E-state index in [9.17, 15) is 9.59 Å². The van der Waals surface area contributed by atoms with Gasteiger partial charge in [0.1, 0.15) is 0 Å². The fraction of sp³-hybridized carbons (Fsp3) is 0.333. The minimum absolute atomic E-state index is 0.0538. The van der Waals surface area contributed by atoms with Gasteiger partial charge in [-0.3, -0.25) is 4.79 Å². The first-order valence-corrected chi connectivity index (χ1v) is 16.0. The molecule has 0 spiro atoms. The first-order valence-electron chi connectivity index (χ1n) is 16.0. The summed E-state index contributed by atoms with van der Waals surface area (Å²) in [6.45, 7) is 10.4. The van der Waals surface area contributed by atoms with E-state index in [4.69, 9.17) is 0 Å². The van der Waals surface area contributed by atoms with Crippen molar-refractivity contribution < 1.29 is 9.59 Å². The third-order valence-electron chi connectivity index (χ3n) is 8.91. The van der Waals surface area contributed by atoms with E-state index in [0.29, 0.717) is 19.6 Å². The van der Waals surface area contributed by atoms with Gasteiger partial charge in [0, 0.05) is 31.4 Å². The Morgan fingerprint density at radius 3 is 2.34 bits per heavy atom. The Balaban J connectivity index is 1.35. The summed E-state index contributed by atoms with van der Waals surface area (Å²) in [5.74, 6) is 0.401. The Bertz CT molecular complexity index is 1620. The lowest BCUT2D eigenvalue weighted by molar-refractivity contribution is -0.134. The maximum Gasteiger partial charge on any atom is 0.321 e. The van der Waals surface area contributed by atoms with Crippen molar-refractivity contribution in [2.75, 3.05) is 25.0 Å². The third-order valence-corrected chi connectivity index (χ3v) is 8.91. The van der Waals surface area contributed by atoms with Gasteiger partial charge < -0.3 is 15.1 Å². The van der Waals surface area contributed by atoms with Crippen LogP contribution >= 0.6 is 0 Å². The second kappa shape index (κ2) is 14.4. The summed E-state index contributed by atoms with van der Waals surface area (Å²) in [4.78, 5) is 31.6. The van der Waals surface area contributed by atoms with Crippen molar-refractivity contribution in [3.63, 3.8) is 0 Å². The van der Waals surface area contributed by atoms with Crippen molar-refractivity contribution in [1.82, 2.24) is 9.80 Å². The number of amides is 3. The van der Waals surface area contributed by atoms with Gasteiger partial charge in [0.25, 0.3) is 0 Å². The van der Waals surface area contributed by atoms with E-state index in [1.165, 1.54) is 27.8 Å². The Kier molecular flexibility index (Phi) is 10.2. The van der Waals surface area contributed by atoms with Crippen LogP contribution in [0, 0.1) is 12.8 Å². The predicted molar refractivity (Wildman–Crippen MR) is 183 cm³/mol. The second-order valence-electron chi connectivity index (χ2n) is 12.1. The molecule has 228 valence electrons. The molecule has 0 aromatic heterocycles. The SMILES string of the molecule is CCC1=C(c2ccccc2C)CCN(C(=O)CCN(CCc2ccccc2)C(=O)Nc2cccc3ccccc23)C1C(C)C. The van der Waals surface area contributed by atoms with Crippen LogP contribution < -0.4 is 5.32 Å². The highest BCUT2D eigenvalue weighted by atomic mass is 16.2. The Morgan fingerprint density at radius 2 is 1.59 bits per heavy atom. The second-order valence-corrected chi connectivity index (χ2v) is 12.1. The summed E-state index contributed by atoms with van der Waals surface area (Å²) < 4.78 is 0. The van der Waals surface area contributed by atoms with Crippen LogP contribution in [0.5, 0.6) is 0 Å².